The molecule has 30 heavy (non-hydrogen) atoms. The Balaban J connectivity index is 0.000000642. The van der Waals surface area contributed by atoms with Gasteiger partial charge in [-0.25, -0.2) is 8.42 Å². The average molecular weight is 565 g/mol. The predicted octanol–water partition coefficient (Wildman–Crippen LogP) is 7.59. The number of rotatable bonds is 14. The van der Waals surface area contributed by atoms with Crippen LogP contribution in [0.1, 0.15) is 77.7 Å². The molecule has 1 rings (SSSR count). The van der Waals surface area contributed by atoms with Crippen molar-refractivity contribution >= 4 is 38.1 Å². The van der Waals surface area contributed by atoms with E-state index in [0.717, 1.165) is 18.5 Å². The molecule has 0 spiro atoms. The summed E-state index contributed by atoms with van der Waals surface area (Å²) >= 11 is -1.96. The Kier molecular flexibility index (Phi) is 17.5. The van der Waals surface area contributed by atoms with E-state index in [2.05, 4.69) is 30.9 Å². The van der Waals surface area contributed by atoms with Crippen LogP contribution in [0.5, 0.6) is 0 Å². The van der Waals surface area contributed by atoms with Crippen LogP contribution >= 0.6 is 10.7 Å². The van der Waals surface area contributed by atoms with Crippen molar-refractivity contribution in [2.24, 2.45) is 5.73 Å². The molecule has 0 heterocycles. The maximum absolute atomic E-state index is 10.7. The number of unbranched alkanes of at least 4 members (excludes halogenated alkanes) is 4. The first-order chi connectivity index (χ1) is 14.2. The minimum atomic E-state index is -3.55. The summed E-state index contributed by atoms with van der Waals surface area (Å²) in [5, 5.41) is 0. The molecule has 0 aliphatic heterocycles. The van der Waals surface area contributed by atoms with Crippen molar-refractivity contribution in [1.29, 1.82) is 0 Å². The van der Waals surface area contributed by atoms with E-state index in [1.165, 1.54) is 57.1 Å². The molecule has 0 atom stereocenters. The van der Waals surface area contributed by atoms with Gasteiger partial charge in [-0.15, -0.1) is 0 Å². The molecule has 0 amide bonds. The van der Waals surface area contributed by atoms with Crippen molar-refractivity contribution in [2.45, 2.75) is 97.3 Å². The van der Waals surface area contributed by atoms with E-state index < -0.39 is 27.4 Å². The molecule has 0 radical (unpaired) electrons. The summed E-state index contributed by atoms with van der Waals surface area (Å²) in [6.07, 6.45) is 13.4. The monoisotopic (exact) mass is 565 g/mol. The summed E-state index contributed by atoms with van der Waals surface area (Å²) in [7, 11) is 1.54. The number of halogens is 1. The summed E-state index contributed by atoms with van der Waals surface area (Å²) in [6.45, 7) is 9.74. The van der Waals surface area contributed by atoms with Crippen molar-refractivity contribution in [3.05, 3.63) is 40.0 Å². The number of aryl methyl sites for hydroxylation is 1. The van der Waals surface area contributed by atoms with E-state index in [1.807, 2.05) is 6.92 Å². The third-order valence-electron chi connectivity index (χ3n) is 5.43. The Morgan fingerprint density at radius 3 is 1.73 bits per heavy atom. The van der Waals surface area contributed by atoms with Gasteiger partial charge in [0.15, 0.2) is 0 Å². The van der Waals surface area contributed by atoms with Gasteiger partial charge in [0.25, 0.3) is 9.05 Å². The summed E-state index contributed by atoms with van der Waals surface area (Å²) in [5.41, 5.74) is 6.61. The van der Waals surface area contributed by atoms with E-state index in [-0.39, 0.29) is 4.90 Å². The van der Waals surface area contributed by atoms with Crippen LogP contribution in [0.4, 0.5) is 0 Å². The zero-order valence-corrected chi connectivity index (χ0v) is 24.1. The van der Waals surface area contributed by atoms with Gasteiger partial charge in [-0.3, -0.25) is 0 Å². The fourth-order valence-electron chi connectivity index (χ4n) is 3.48. The second-order valence-electron chi connectivity index (χ2n) is 8.26. The molecule has 0 saturated heterocycles. The SMILES string of the molecule is CCC[CH2][Sn](/[CH]=C/CCCN)([CH2]CCC)[CH2]CCC.Cc1ccc(S(=O)(=O)Cl)cc1. The number of hydrogen-bond donors (Lipinski definition) is 1. The van der Waals surface area contributed by atoms with Gasteiger partial charge < -0.3 is 0 Å². The Hall–Kier alpha value is -0.0413. The number of hydrogen-bond acceptors (Lipinski definition) is 3. The van der Waals surface area contributed by atoms with E-state index in [9.17, 15) is 8.42 Å². The van der Waals surface area contributed by atoms with Crippen LogP contribution in [0.15, 0.2) is 39.3 Å². The van der Waals surface area contributed by atoms with Crippen LogP contribution in [0.2, 0.25) is 13.3 Å². The van der Waals surface area contributed by atoms with Gasteiger partial charge in [0.1, 0.15) is 0 Å². The molecule has 1 aromatic carbocycles. The molecule has 174 valence electrons. The second-order valence-corrected chi connectivity index (χ2v) is 23.8. The van der Waals surface area contributed by atoms with Crippen molar-refractivity contribution in [3.8, 4) is 0 Å². The summed E-state index contributed by atoms with van der Waals surface area (Å²) in [5.74, 6) is 0. The third kappa shape index (κ3) is 14.1. The fourth-order valence-corrected chi connectivity index (χ4v) is 18.8. The molecule has 0 saturated carbocycles. The molecule has 0 unspecified atom stereocenters. The average Bonchev–Trinajstić information content (AvgIpc) is 2.72. The minimum Gasteiger partial charge on any atom is -0.207 e. The maximum atomic E-state index is 10.7. The van der Waals surface area contributed by atoms with Gasteiger partial charge in [0, 0.05) is 10.7 Å². The molecule has 0 fully saturated rings. The largest absolute Gasteiger partial charge is 0.261 e. The summed E-state index contributed by atoms with van der Waals surface area (Å²) in [6, 6.07) is 6.37. The van der Waals surface area contributed by atoms with Crippen LogP contribution in [0.25, 0.3) is 0 Å². The maximum Gasteiger partial charge on any atom is 0.261 e. The number of benzene rings is 1. The van der Waals surface area contributed by atoms with E-state index in [0.29, 0.717) is 0 Å². The molecule has 0 aromatic heterocycles. The minimum absolute atomic E-state index is 0.143. The van der Waals surface area contributed by atoms with Crippen LogP contribution in [-0.2, 0) is 9.05 Å². The molecule has 3 nitrogen and oxygen atoms in total. The van der Waals surface area contributed by atoms with E-state index in [1.54, 1.807) is 25.4 Å². The smallest absolute Gasteiger partial charge is 0.207 e. The molecule has 6 heteroatoms. The van der Waals surface area contributed by atoms with Gasteiger partial charge in [-0.05, 0) is 19.1 Å². The normalized spacial score (nSPS) is 12.1. The Labute approximate surface area is 195 Å². The Morgan fingerprint density at radius 1 is 0.900 bits per heavy atom. The van der Waals surface area contributed by atoms with E-state index >= 15 is 0 Å². The van der Waals surface area contributed by atoms with Crippen LogP contribution < -0.4 is 5.73 Å². The first-order valence-electron chi connectivity index (χ1n) is 11.6. The molecular formula is C24H44ClNO2SSn. The molecule has 0 aliphatic rings. The predicted molar refractivity (Wildman–Crippen MR) is 137 cm³/mol. The van der Waals surface area contributed by atoms with E-state index in [4.69, 9.17) is 16.4 Å². The van der Waals surface area contributed by atoms with Gasteiger partial charge in [-0.1, -0.05) is 17.7 Å². The molecular weight excluding hydrogens is 521 g/mol. The van der Waals surface area contributed by atoms with Gasteiger partial charge in [0.2, 0.25) is 0 Å². The quantitative estimate of drug-likeness (QED) is 0.144. The second kappa shape index (κ2) is 17.5. The first kappa shape index (κ1) is 30.0. The zero-order chi connectivity index (χ0) is 22.9. The van der Waals surface area contributed by atoms with Crippen LogP contribution in [-0.4, -0.2) is 33.3 Å². The van der Waals surface area contributed by atoms with Gasteiger partial charge in [-0.2, -0.15) is 0 Å². The van der Waals surface area contributed by atoms with Crippen molar-refractivity contribution in [3.63, 3.8) is 0 Å². The van der Waals surface area contributed by atoms with Crippen molar-refractivity contribution < 1.29 is 8.42 Å². The molecule has 0 aliphatic carbocycles. The Morgan fingerprint density at radius 2 is 1.37 bits per heavy atom. The number of allylic oxidation sites excluding steroid dienone is 1. The van der Waals surface area contributed by atoms with Crippen molar-refractivity contribution in [2.75, 3.05) is 6.54 Å². The summed E-state index contributed by atoms with van der Waals surface area (Å²) in [4.78, 5) is 0.143. The molecule has 0 bridgehead atoms. The van der Waals surface area contributed by atoms with Crippen LogP contribution in [0, 0.1) is 6.92 Å². The Bertz CT molecular complexity index is 653. The standard InChI is InChI=1S/C7H7ClO2S.C5H10N.3C4H9.Sn/c1-6-2-4-7(5-3-6)11(8,9)10;1-2-3-4-5-6;3*1-3-4-2;/h2-5H,1H3;1-2H,3-6H2;3*1,3-4H2,2H3;. The fraction of sp³-hybridized carbons (Fsp3) is 0.667. The van der Waals surface area contributed by atoms with Gasteiger partial charge >= 0.3 is 126 Å². The third-order valence-corrected chi connectivity index (χ3v) is 21.0. The van der Waals surface area contributed by atoms with Crippen molar-refractivity contribution in [1.82, 2.24) is 0 Å². The van der Waals surface area contributed by atoms with Crippen LogP contribution in [0.3, 0.4) is 0 Å². The molecule has 2 N–H and O–H groups in total. The molecule has 1 aromatic rings. The topological polar surface area (TPSA) is 60.2 Å². The summed E-state index contributed by atoms with van der Waals surface area (Å²) < 4.78 is 29.0. The first-order valence-corrected chi connectivity index (χ1v) is 21.6. The zero-order valence-electron chi connectivity index (χ0n) is 19.6. The number of nitrogens with two attached hydrogens (primary N) is 1. The van der Waals surface area contributed by atoms with Gasteiger partial charge in [0.05, 0.1) is 4.90 Å².